The molecule has 3 rings (SSSR count). The van der Waals surface area contributed by atoms with E-state index in [0.717, 1.165) is 22.0 Å². The number of aliphatic carboxylic acids is 1. The van der Waals surface area contributed by atoms with Gasteiger partial charge in [-0.15, -0.1) is 0 Å². The van der Waals surface area contributed by atoms with Crippen molar-refractivity contribution in [2.24, 2.45) is 4.99 Å². The van der Waals surface area contributed by atoms with Crippen molar-refractivity contribution in [2.45, 2.75) is 6.42 Å². The standard InChI is InChI=1S/C13H9NO2/c15-13(16)12-7-10-9-4-2-1-3-8(9)5-6-11(10)14-12/h1-6H,7H2,(H,15,16). The fourth-order valence-electron chi connectivity index (χ4n) is 2.09. The number of hydrogen-bond donors (Lipinski definition) is 1. The SMILES string of the molecule is O=C(O)C1=Nc2ccc3ccccc3c2C1. The minimum absolute atomic E-state index is 0.228. The summed E-state index contributed by atoms with van der Waals surface area (Å²) in [6, 6.07) is 11.8. The van der Waals surface area contributed by atoms with E-state index in [1.165, 1.54) is 0 Å². The van der Waals surface area contributed by atoms with E-state index in [1.54, 1.807) is 0 Å². The van der Waals surface area contributed by atoms with Crippen LogP contribution < -0.4 is 0 Å². The van der Waals surface area contributed by atoms with Crippen LogP contribution in [0.15, 0.2) is 41.4 Å². The Morgan fingerprint density at radius 1 is 1.19 bits per heavy atom. The highest BCUT2D eigenvalue weighted by molar-refractivity contribution is 6.38. The molecule has 0 saturated carbocycles. The fraction of sp³-hybridized carbons (Fsp3) is 0.0769. The van der Waals surface area contributed by atoms with Crippen LogP contribution in [-0.4, -0.2) is 16.8 Å². The summed E-state index contributed by atoms with van der Waals surface area (Å²) >= 11 is 0. The minimum atomic E-state index is -0.930. The average Bonchev–Trinajstić information content (AvgIpc) is 2.73. The zero-order valence-electron chi connectivity index (χ0n) is 8.47. The van der Waals surface area contributed by atoms with Gasteiger partial charge in [0.1, 0.15) is 5.71 Å². The van der Waals surface area contributed by atoms with E-state index in [0.29, 0.717) is 6.42 Å². The van der Waals surface area contributed by atoms with E-state index in [4.69, 9.17) is 5.11 Å². The van der Waals surface area contributed by atoms with Crippen LogP contribution in [0.4, 0.5) is 5.69 Å². The number of nitrogens with zero attached hydrogens (tertiary/aromatic N) is 1. The van der Waals surface area contributed by atoms with E-state index in [1.807, 2.05) is 36.4 Å². The first kappa shape index (κ1) is 9.09. The van der Waals surface area contributed by atoms with Crippen molar-refractivity contribution in [3.63, 3.8) is 0 Å². The van der Waals surface area contributed by atoms with Crippen LogP contribution in [0.3, 0.4) is 0 Å². The molecule has 3 nitrogen and oxygen atoms in total. The zero-order valence-corrected chi connectivity index (χ0v) is 8.47. The third-order valence-electron chi connectivity index (χ3n) is 2.86. The van der Waals surface area contributed by atoms with Crippen LogP contribution in [0.1, 0.15) is 5.56 Å². The molecule has 2 aromatic carbocycles. The summed E-state index contributed by atoms with van der Waals surface area (Å²) in [6.07, 6.45) is 0.423. The molecule has 1 N–H and O–H groups in total. The van der Waals surface area contributed by atoms with Gasteiger partial charge in [0.05, 0.1) is 5.69 Å². The van der Waals surface area contributed by atoms with Gasteiger partial charge < -0.3 is 5.11 Å². The fourth-order valence-corrected chi connectivity index (χ4v) is 2.09. The number of benzene rings is 2. The molecule has 1 aliphatic rings. The zero-order chi connectivity index (χ0) is 11.1. The Kier molecular flexibility index (Phi) is 1.80. The predicted molar refractivity (Wildman–Crippen MR) is 62.4 cm³/mol. The highest BCUT2D eigenvalue weighted by Gasteiger charge is 2.21. The third-order valence-corrected chi connectivity index (χ3v) is 2.86. The Bertz CT molecular complexity index is 629. The Labute approximate surface area is 92.1 Å². The van der Waals surface area contributed by atoms with Crippen LogP contribution in [0.25, 0.3) is 10.8 Å². The first-order valence-electron chi connectivity index (χ1n) is 5.07. The Hall–Kier alpha value is -2.16. The molecule has 0 aliphatic carbocycles. The van der Waals surface area contributed by atoms with Gasteiger partial charge in [-0.2, -0.15) is 0 Å². The maximum Gasteiger partial charge on any atom is 0.350 e. The molecule has 0 fully saturated rings. The van der Waals surface area contributed by atoms with Crippen molar-refractivity contribution in [3.8, 4) is 0 Å². The Balaban J connectivity index is 2.23. The normalized spacial score (nSPS) is 13.6. The number of fused-ring (bicyclic) bond motifs is 3. The van der Waals surface area contributed by atoms with Gasteiger partial charge in [-0.3, -0.25) is 0 Å². The number of hydrogen-bond acceptors (Lipinski definition) is 2. The van der Waals surface area contributed by atoms with Crippen molar-refractivity contribution in [2.75, 3.05) is 0 Å². The smallest absolute Gasteiger partial charge is 0.350 e. The van der Waals surface area contributed by atoms with Gasteiger partial charge in [0.15, 0.2) is 0 Å². The van der Waals surface area contributed by atoms with Gasteiger partial charge in [-0.05, 0) is 22.4 Å². The summed E-state index contributed by atoms with van der Waals surface area (Å²) in [4.78, 5) is 15.0. The molecule has 1 aliphatic heterocycles. The summed E-state index contributed by atoms with van der Waals surface area (Å²) in [5.41, 5.74) is 2.04. The van der Waals surface area contributed by atoms with Crippen molar-refractivity contribution < 1.29 is 9.90 Å². The molecule has 0 atom stereocenters. The van der Waals surface area contributed by atoms with Crippen molar-refractivity contribution >= 4 is 28.1 Å². The summed E-state index contributed by atoms with van der Waals surface area (Å²) in [6.45, 7) is 0. The van der Waals surface area contributed by atoms with Gasteiger partial charge in [-0.1, -0.05) is 30.3 Å². The van der Waals surface area contributed by atoms with E-state index in [9.17, 15) is 4.79 Å². The lowest BCUT2D eigenvalue weighted by molar-refractivity contribution is -0.129. The largest absolute Gasteiger partial charge is 0.477 e. The minimum Gasteiger partial charge on any atom is -0.477 e. The highest BCUT2D eigenvalue weighted by atomic mass is 16.4. The molecule has 1 heterocycles. The molecule has 2 aromatic rings. The van der Waals surface area contributed by atoms with E-state index < -0.39 is 5.97 Å². The van der Waals surface area contributed by atoms with Gasteiger partial charge in [-0.25, -0.2) is 9.79 Å². The lowest BCUT2D eigenvalue weighted by atomic mass is 10.0. The molecule has 0 unspecified atom stereocenters. The molecule has 0 bridgehead atoms. The van der Waals surface area contributed by atoms with E-state index in [-0.39, 0.29) is 5.71 Å². The summed E-state index contributed by atoms with van der Waals surface area (Å²) in [5.74, 6) is -0.930. The summed E-state index contributed by atoms with van der Waals surface area (Å²) in [5, 5.41) is 11.2. The van der Waals surface area contributed by atoms with E-state index in [2.05, 4.69) is 4.99 Å². The lowest BCUT2D eigenvalue weighted by Gasteiger charge is -2.02. The molecule has 0 spiro atoms. The first-order valence-corrected chi connectivity index (χ1v) is 5.07. The average molecular weight is 211 g/mol. The predicted octanol–water partition coefficient (Wildman–Crippen LogP) is 2.55. The van der Waals surface area contributed by atoms with Crippen LogP contribution in [0, 0.1) is 0 Å². The molecule has 16 heavy (non-hydrogen) atoms. The topological polar surface area (TPSA) is 49.7 Å². The molecule has 0 radical (unpaired) electrons. The van der Waals surface area contributed by atoms with Crippen molar-refractivity contribution in [1.29, 1.82) is 0 Å². The number of carboxylic acids is 1. The molecular formula is C13H9NO2. The van der Waals surface area contributed by atoms with Crippen LogP contribution in [-0.2, 0) is 11.2 Å². The number of carboxylic acid groups (broad SMARTS) is 1. The second-order valence-corrected chi connectivity index (χ2v) is 3.82. The quantitative estimate of drug-likeness (QED) is 0.788. The third kappa shape index (κ3) is 1.21. The maximum atomic E-state index is 10.9. The van der Waals surface area contributed by atoms with Gasteiger partial charge >= 0.3 is 5.97 Å². The van der Waals surface area contributed by atoms with Crippen molar-refractivity contribution in [1.82, 2.24) is 0 Å². The number of carbonyl (C=O) groups is 1. The molecule has 3 heteroatoms. The highest BCUT2D eigenvalue weighted by Crippen LogP contribution is 2.33. The molecule has 0 aromatic heterocycles. The molecule has 0 amide bonds. The molecular weight excluding hydrogens is 202 g/mol. The van der Waals surface area contributed by atoms with Gasteiger partial charge in [0.25, 0.3) is 0 Å². The summed E-state index contributed by atoms with van der Waals surface area (Å²) < 4.78 is 0. The van der Waals surface area contributed by atoms with Crippen LogP contribution in [0.2, 0.25) is 0 Å². The Morgan fingerprint density at radius 2 is 2.00 bits per heavy atom. The summed E-state index contributed by atoms with van der Waals surface area (Å²) in [7, 11) is 0. The van der Waals surface area contributed by atoms with E-state index >= 15 is 0 Å². The second kappa shape index (κ2) is 3.17. The Morgan fingerprint density at radius 3 is 2.81 bits per heavy atom. The molecule has 78 valence electrons. The van der Waals surface area contributed by atoms with Gasteiger partial charge in [0, 0.05) is 6.42 Å². The van der Waals surface area contributed by atoms with Crippen LogP contribution >= 0.6 is 0 Å². The molecule has 0 saturated heterocycles. The number of rotatable bonds is 1. The maximum absolute atomic E-state index is 10.9. The number of aliphatic imine (C=N–C) groups is 1. The van der Waals surface area contributed by atoms with Crippen LogP contribution in [0.5, 0.6) is 0 Å². The second-order valence-electron chi connectivity index (χ2n) is 3.82. The van der Waals surface area contributed by atoms with Crippen molar-refractivity contribution in [3.05, 3.63) is 42.0 Å². The monoisotopic (exact) mass is 211 g/mol. The van der Waals surface area contributed by atoms with Gasteiger partial charge in [0.2, 0.25) is 0 Å². The lowest BCUT2D eigenvalue weighted by Crippen LogP contribution is -2.12. The first-order chi connectivity index (χ1) is 7.75.